The van der Waals surface area contributed by atoms with Crippen LogP contribution in [0.1, 0.15) is 18.5 Å². The lowest BCUT2D eigenvalue weighted by Gasteiger charge is -2.15. The maximum Gasteiger partial charge on any atom is 0.118 e. The van der Waals surface area contributed by atoms with E-state index in [1.54, 1.807) is 7.11 Å². The fraction of sp³-hybridized carbons (Fsp3) is 0.214. The number of halogens is 1. The summed E-state index contributed by atoms with van der Waals surface area (Å²) in [4.78, 5) is 4.19. The predicted molar refractivity (Wildman–Crippen MR) is 77.0 cm³/mol. The van der Waals surface area contributed by atoms with Crippen LogP contribution in [0.4, 0.5) is 5.69 Å². The van der Waals surface area contributed by atoms with Gasteiger partial charge in [0.1, 0.15) is 10.4 Å². The number of nitrogens with one attached hydrogen (secondary N) is 1. The highest BCUT2D eigenvalue weighted by Gasteiger charge is 2.05. The molecule has 0 aliphatic heterocycles. The summed E-state index contributed by atoms with van der Waals surface area (Å²) in [5.41, 5.74) is 2.21. The highest BCUT2D eigenvalue weighted by molar-refractivity contribution is 9.10. The Morgan fingerprint density at radius 2 is 1.89 bits per heavy atom. The third-order valence-electron chi connectivity index (χ3n) is 2.73. The minimum Gasteiger partial charge on any atom is -0.497 e. The number of rotatable bonds is 4. The topological polar surface area (TPSA) is 34.1 Å². The van der Waals surface area contributed by atoms with Gasteiger partial charge in [-0.25, -0.2) is 4.98 Å². The third-order valence-corrected chi connectivity index (χ3v) is 3.20. The van der Waals surface area contributed by atoms with Gasteiger partial charge in [-0.05, 0) is 52.7 Å². The molecule has 1 aromatic heterocycles. The summed E-state index contributed by atoms with van der Waals surface area (Å²) in [6.07, 6.45) is 1.81. The van der Waals surface area contributed by atoms with E-state index in [9.17, 15) is 0 Å². The third kappa shape index (κ3) is 3.23. The molecule has 0 fully saturated rings. The summed E-state index contributed by atoms with van der Waals surface area (Å²) in [5, 5.41) is 3.40. The average Bonchev–Trinajstić information content (AvgIpc) is 2.41. The van der Waals surface area contributed by atoms with Gasteiger partial charge in [0.15, 0.2) is 0 Å². The van der Waals surface area contributed by atoms with E-state index < -0.39 is 0 Å². The number of ether oxygens (including phenoxy) is 1. The molecular formula is C14H15BrN2O. The number of pyridine rings is 1. The first kappa shape index (κ1) is 12.9. The Kier molecular flexibility index (Phi) is 4.20. The van der Waals surface area contributed by atoms with E-state index in [1.807, 2.05) is 30.5 Å². The largest absolute Gasteiger partial charge is 0.497 e. The Balaban J connectivity index is 2.06. The number of anilines is 1. The molecule has 4 heteroatoms. The molecule has 0 saturated heterocycles. The van der Waals surface area contributed by atoms with Gasteiger partial charge in [-0.1, -0.05) is 12.1 Å². The van der Waals surface area contributed by atoms with Crippen molar-refractivity contribution < 1.29 is 4.74 Å². The fourth-order valence-corrected chi connectivity index (χ4v) is 1.92. The van der Waals surface area contributed by atoms with Gasteiger partial charge in [-0.2, -0.15) is 0 Å². The maximum absolute atomic E-state index is 5.14. The van der Waals surface area contributed by atoms with E-state index in [2.05, 4.69) is 45.3 Å². The fourth-order valence-electron chi connectivity index (χ4n) is 1.69. The van der Waals surface area contributed by atoms with Crippen LogP contribution in [-0.4, -0.2) is 12.1 Å². The Morgan fingerprint density at radius 3 is 2.44 bits per heavy atom. The molecule has 1 unspecified atom stereocenters. The van der Waals surface area contributed by atoms with Gasteiger partial charge >= 0.3 is 0 Å². The van der Waals surface area contributed by atoms with Crippen molar-refractivity contribution in [1.29, 1.82) is 0 Å². The summed E-state index contributed by atoms with van der Waals surface area (Å²) in [5.74, 6) is 0.872. The minimum atomic E-state index is 0.221. The van der Waals surface area contributed by atoms with Crippen molar-refractivity contribution in [3.8, 4) is 5.75 Å². The predicted octanol–water partition coefficient (Wildman–Crippen LogP) is 4.03. The lowest BCUT2D eigenvalue weighted by atomic mass is 10.1. The van der Waals surface area contributed by atoms with Gasteiger partial charge < -0.3 is 10.1 Å². The van der Waals surface area contributed by atoms with Crippen LogP contribution in [-0.2, 0) is 0 Å². The highest BCUT2D eigenvalue weighted by atomic mass is 79.9. The monoisotopic (exact) mass is 306 g/mol. The Labute approximate surface area is 115 Å². The van der Waals surface area contributed by atoms with Crippen LogP contribution in [0.5, 0.6) is 5.75 Å². The zero-order valence-electron chi connectivity index (χ0n) is 10.4. The van der Waals surface area contributed by atoms with E-state index in [0.29, 0.717) is 0 Å². The molecular weight excluding hydrogens is 292 g/mol. The second kappa shape index (κ2) is 5.87. The Hall–Kier alpha value is -1.55. The van der Waals surface area contributed by atoms with Crippen molar-refractivity contribution >= 4 is 21.6 Å². The van der Waals surface area contributed by atoms with Crippen LogP contribution >= 0.6 is 15.9 Å². The molecule has 1 aromatic carbocycles. The van der Waals surface area contributed by atoms with Gasteiger partial charge in [-0.15, -0.1) is 0 Å². The van der Waals surface area contributed by atoms with E-state index in [4.69, 9.17) is 4.74 Å². The van der Waals surface area contributed by atoms with E-state index in [0.717, 1.165) is 16.0 Å². The second-order valence-electron chi connectivity index (χ2n) is 4.01. The van der Waals surface area contributed by atoms with Gasteiger partial charge in [-0.3, -0.25) is 0 Å². The van der Waals surface area contributed by atoms with Gasteiger partial charge in [0.05, 0.1) is 19.0 Å². The smallest absolute Gasteiger partial charge is 0.118 e. The quantitative estimate of drug-likeness (QED) is 0.866. The van der Waals surface area contributed by atoms with Gasteiger partial charge in [0, 0.05) is 6.04 Å². The van der Waals surface area contributed by atoms with Crippen molar-refractivity contribution in [3.63, 3.8) is 0 Å². The molecule has 0 radical (unpaired) electrons. The molecule has 0 aliphatic rings. The Morgan fingerprint density at radius 1 is 1.17 bits per heavy atom. The summed E-state index contributed by atoms with van der Waals surface area (Å²) >= 11 is 3.32. The lowest BCUT2D eigenvalue weighted by molar-refractivity contribution is 0.414. The van der Waals surface area contributed by atoms with Crippen molar-refractivity contribution in [1.82, 2.24) is 4.98 Å². The van der Waals surface area contributed by atoms with Crippen LogP contribution in [0.3, 0.4) is 0 Å². The lowest BCUT2D eigenvalue weighted by Crippen LogP contribution is -2.06. The molecule has 3 nitrogen and oxygen atoms in total. The number of benzene rings is 1. The molecule has 0 bridgehead atoms. The highest BCUT2D eigenvalue weighted by Crippen LogP contribution is 2.21. The van der Waals surface area contributed by atoms with Crippen molar-refractivity contribution in [2.45, 2.75) is 13.0 Å². The number of aromatic nitrogens is 1. The first-order valence-corrected chi connectivity index (χ1v) is 6.50. The standard InChI is InChI=1S/C14H15BrN2O/c1-10(11-3-6-13(18-2)7-4-11)17-12-5-8-14(15)16-9-12/h3-10,17H,1-2H3. The summed E-state index contributed by atoms with van der Waals surface area (Å²) in [6, 6.07) is 12.2. The summed E-state index contributed by atoms with van der Waals surface area (Å²) in [6.45, 7) is 2.11. The zero-order chi connectivity index (χ0) is 13.0. The van der Waals surface area contributed by atoms with Crippen molar-refractivity contribution in [2.24, 2.45) is 0 Å². The van der Waals surface area contributed by atoms with E-state index >= 15 is 0 Å². The van der Waals surface area contributed by atoms with Crippen molar-refractivity contribution in [3.05, 3.63) is 52.8 Å². The van der Waals surface area contributed by atoms with Gasteiger partial charge in [0.25, 0.3) is 0 Å². The molecule has 0 aliphatic carbocycles. The molecule has 2 rings (SSSR count). The summed E-state index contributed by atoms with van der Waals surface area (Å²) < 4.78 is 5.98. The average molecular weight is 307 g/mol. The zero-order valence-corrected chi connectivity index (χ0v) is 11.9. The van der Waals surface area contributed by atoms with Crippen LogP contribution in [0, 0.1) is 0 Å². The maximum atomic E-state index is 5.14. The molecule has 2 aromatic rings. The summed E-state index contributed by atoms with van der Waals surface area (Å²) in [7, 11) is 1.67. The second-order valence-corrected chi connectivity index (χ2v) is 4.82. The molecule has 18 heavy (non-hydrogen) atoms. The van der Waals surface area contributed by atoms with Gasteiger partial charge in [0.2, 0.25) is 0 Å². The number of methoxy groups -OCH3 is 1. The first-order valence-electron chi connectivity index (χ1n) is 5.71. The van der Waals surface area contributed by atoms with Crippen LogP contribution < -0.4 is 10.1 Å². The SMILES string of the molecule is COc1ccc(C(C)Nc2ccc(Br)nc2)cc1. The van der Waals surface area contributed by atoms with Crippen molar-refractivity contribution in [2.75, 3.05) is 12.4 Å². The van der Waals surface area contributed by atoms with E-state index in [-0.39, 0.29) is 6.04 Å². The number of hydrogen-bond donors (Lipinski definition) is 1. The Bertz CT molecular complexity index is 496. The molecule has 0 spiro atoms. The molecule has 0 amide bonds. The normalized spacial score (nSPS) is 11.9. The molecule has 1 heterocycles. The molecule has 0 saturated carbocycles. The first-order chi connectivity index (χ1) is 8.69. The van der Waals surface area contributed by atoms with Crippen LogP contribution in [0.25, 0.3) is 0 Å². The van der Waals surface area contributed by atoms with Crippen LogP contribution in [0.15, 0.2) is 47.2 Å². The number of hydrogen-bond acceptors (Lipinski definition) is 3. The molecule has 1 N–H and O–H groups in total. The molecule has 1 atom stereocenters. The minimum absolute atomic E-state index is 0.221. The van der Waals surface area contributed by atoms with E-state index in [1.165, 1.54) is 5.56 Å². The molecule has 94 valence electrons. The number of nitrogens with zero attached hydrogens (tertiary/aromatic N) is 1. The van der Waals surface area contributed by atoms with Crippen LogP contribution in [0.2, 0.25) is 0 Å².